The first kappa shape index (κ1) is 16.3. The van der Waals surface area contributed by atoms with Gasteiger partial charge in [0.15, 0.2) is 5.82 Å². The molecule has 1 saturated heterocycles. The molecule has 1 saturated carbocycles. The topological polar surface area (TPSA) is 68.2 Å². The van der Waals surface area contributed by atoms with Gasteiger partial charge in [0.25, 0.3) is 5.89 Å². The van der Waals surface area contributed by atoms with E-state index in [1.54, 1.807) is 0 Å². The number of anilines is 1. The highest BCUT2D eigenvalue weighted by molar-refractivity contribution is 5.85. The Balaban J connectivity index is 0.00000156. The Morgan fingerprint density at radius 1 is 1.04 bits per heavy atom. The van der Waals surface area contributed by atoms with Crippen LogP contribution in [0.25, 0.3) is 11.5 Å². The molecule has 2 aliphatic rings. The van der Waals surface area contributed by atoms with Gasteiger partial charge in [-0.05, 0) is 50.7 Å². The molecule has 2 heterocycles. The molecule has 0 atom stereocenters. The van der Waals surface area contributed by atoms with Crippen molar-refractivity contribution in [1.29, 1.82) is 0 Å². The van der Waals surface area contributed by atoms with Crippen LogP contribution in [0.5, 0.6) is 0 Å². The van der Waals surface area contributed by atoms with Crippen LogP contribution in [0.3, 0.4) is 0 Å². The van der Waals surface area contributed by atoms with Crippen molar-refractivity contribution in [2.75, 3.05) is 18.0 Å². The first-order valence-electron chi connectivity index (χ1n) is 8.24. The van der Waals surface area contributed by atoms with Crippen LogP contribution in [-0.4, -0.2) is 23.2 Å². The van der Waals surface area contributed by atoms with Crippen molar-refractivity contribution in [3.63, 3.8) is 0 Å². The van der Waals surface area contributed by atoms with Crippen LogP contribution in [0.4, 0.5) is 5.69 Å². The smallest absolute Gasteiger partial charge is 0.260 e. The fourth-order valence-electron chi connectivity index (χ4n) is 3.38. The zero-order valence-electron chi connectivity index (χ0n) is 13.2. The summed E-state index contributed by atoms with van der Waals surface area (Å²) in [6, 6.07) is 8.30. The third-order valence-electron chi connectivity index (χ3n) is 4.95. The molecule has 23 heavy (non-hydrogen) atoms. The molecule has 0 radical (unpaired) electrons. The fourth-order valence-corrected chi connectivity index (χ4v) is 3.38. The lowest BCUT2D eigenvalue weighted by atomic mass is 9.77. The van der Waals surface area contributed by atoms with Gasteiger partial charge in [-0.3, -0.25) is 0 Å². The Morgan fingerprint density at radius 2 is 1.78 bits per heavy atom. The minimum absolute atomic E-state index is 0. The van der Waals surface area contributed by atoms with Gasteiger partial charge in [0.1, 0.15) is 0 Å². The number of halogens is 1. The number of para-hydroxylation sites is 1. The average molecular weight is 335 g/mol. The molecule has 0 bridgehead atoms. The molecule has 1 aromatic heterocycles. The maximum Gasteiger partial charge on any atom is 0.260 e. The Hall–Kier alpha value is -1.59. The Morgan fingerprint density at radius 3 is 2.48 bits per heavy atom. The van der Waals surface area contributed by atoms with Crippen molar-refractivity contribution in [2.45, 2.75) is 44.1 Å². The third kappa shape index (κ3) is 2.95. The van der Waals surface area contributed by atoms with Crippen LogP contribution >= 0.6 is 12.4 Å². The summed E-state index contributed by atoms with van der Waals surface area (Å²) >= 11 is 0. The average Bonchev–Trinajstić information content (AvgIpc) is 3.04. The molecule has 0 unspecified atom stereocenters. The highest BCUT2D eigenvalue weighted by Gasteiger charge is 2.39. The normalized spacial score (nSPS) is 19.8. The standard InChI is InChI=1S/C17H22N4O.ClH/c18-17(9-6-10-17)16-19-15(22-20-16)13-7-2-3-8-14(13)21-11-4-1-5-12-21;/h2-3,7-8H,1,4-6,9-12,18H2;1H. The maximum atomic E-state index is 6.30. The summed E-state index contributed by atoms with van der Waals surface area (Å²) in [7, 11) is 0. The van der Waals surface area contributed by atoms with Crippen LogP contribution in [0, 0.1) is 0 Å². The van der Waals surface area contributed by atoms with Gasteiger partial charge < -0.3 is 15.2 Å². The quantitative estimate of drug-likeness (QED) is 0.930. The monoisotopic (exact) mass is 334 g/mol. The molecule has 124 valence electrons. The molecule has 1 aromatic carbocycles. The molecule has 2 aromatic rings. The van der Waals surface area contributed by atoms with Gasteiger partial charge >= 0.3 is 0 Å². The van der Waals surface area contributed by atoms with E-state index in [0.29, 0.717) is 11.7 Å². The van der Waals surface area contributed by atoms with E-state index in [1.807, 2.05) is 6.07 Å². The lowest BCUT2D eigenvalue weighted by Crippen LogP contribution is -2.44. The molecule has 5 nitrogen and oxygen atoms in total. The molecule has 6 heteroatoms. The van der Waals surface area contributed by atoms with Gasteiger partial charge in [-0.15, -0.1) is 12.4 Å². The van der Waals surface area contributed by atoms with Crippen molar-refractivity contribution in [3.05, 3.63) is 30.1 Å². The summed E-state index contributed by atoms with van der Waals surface area (Å²) in [4.78, 5) is 7.02. The van der Waals surface area contributed by atoms with Gasteiger partial charge in [-0.2, -0.15) is 4.98 Å². The second-order valence-corrected chi connectivity index (χ2v) is 6.50. The van der Waals surface area contributed by atoms with Gasteiger partial charge in [0, 0.05) is 18.8 Å². The maximum absolute atomic E-state index is 6.30. The van der Waals surface area contributed by atoms with E-state index in [0.717, 1.165) is 37.9 Å². The predicted molar refractivity (Wildman–Crippen MR) is 92.8 cm³/mol. The lowest BCUT2D eigenvalue weighted by molar-refractivity contribution is 0.229. The van der Waals surface area contributed by atoms with Crippen LogP contribution in [0.15, 0.2) is 28.8 Å². The number of hydrogen-bond donors (Lipinski definition) is 1. The summed E-state index contributed by atoms with van der Waals surface area (Å²) in [5.41, 5.74) is 8.14. The molecule has 4 rings (SSSR count). The highest BCUT2D eigenvalue weighted by atomic mass is 35.5. The van der Waals surface area contributed by atoms with Crippen molar-refractivity contribution in [2.24, 2.45) is 5.73 Å². The van der Waals surface area contributed by atoms with E-state index >= 15 is 0 Å². The van der Waals surface area contributed by atoms with E-state index < -0.39 is 0 Å². The number of nitrogens with two attached hydrogens (primary N) is 1. The molecule has 2 fully saturated rings. The zero-order valence-corrected chi connectivity index (χ0v) is 14.0. The van der Waals surface area contributed by atoms with E-state index in [2.05, 4.69) is 33.2 Å². The van der Waals surface area contributed by atoms with Crippen molar-refractivity contribution in [3.8, 4) is 11.5 Å². The first-order valence-corrected chi connectivity index (χ1v) is 8.24. The Kier molecular flexibility index (Phi) is 4.60. The second-order valence-electron chi connectivity index (χ2n) is 6.50. The molecule has 1 aliphatic carbocycles. The van der Waals surface area contributed by atoms with E-state index in [4.69, 9.17) is 10.3 Å². The number of benzene rings is 1. The molecule has 1 aliphatic heterocycles. The summed E-state index contributed by atoms with van der Waals surface area (Å²) in [6.07, 6.45) is 6.84. The molecule has 0 spiro atoms. The number of hydrogen-bond acceptors (Lipinski definition) is 5. The van der Waals surface area contributed by atoms with Gasteiger partial charge in [-0.25, -0.2) is 0 Å². The van der Waals surface area contributed by atoms with Crippen molar-refractivity contribution < 1.29 is 4.52 Å². The summed E-state index contributed by atoms with van der Waals surface area (Å²) in [5.74, 6) is 1.25. The van der Waals surface area contributed by atoms with Gasteiger partial charge in [0.2, 0.25) is 0 Å². The Bertz CT molecular complexity index is 662. The SMILES string of the molecule is Cl.NC1(c2noc(-c3ccccc3N3CCCCC3)n2)CCC1. The lowest BCUT2D eigenvalue weighted by Gasteiger charge is -2.34. The molecular formula is C17H23ClN4O. The predicted octanol–water partition coefficient (Wildman–Crippen LogP) is 3.49. The highest BCUT2D eigenvalue weighted by Crippen LogP contribution is 2.38. The number of rotatable bonds is 3. The van der Waals surface area contributed by atoms with E-state index in [9.17, 15) is 0 Å². The minimum atomic E-state index is -0.373. The summed E-state index contributed by atoms with van der Waals surface area (Å²) in [5, 5.41) is 4.14. The fraction of sp³-hybridized carbons (Fsp3) is 0.529. The molecule has 2 N–H and O–H groups in total. The van der Waals surface area contributed by atoms with E-state index in [1.165, 1.54) is 24.9 Å². The van der Waals surface area contributed by atoms with E-state index in [-0.39, 0.29) is 17.9 Å². The van der Waals surface area contributed by atoms with Crippen molar-refractivity contribution >= 4 is 18.1 Å². The molecular weight excluding hydrogens is 312 g/mol. The van der Waals surface area contributed by atoms with Gasteiger partial charge in [-0.1, -0.05) is 17.3 Å². The third-order valence-corrected chi connectivity index (χ3v) is 4.95. The minimum Gasteiger partial charge on any atom is -0.371 e. The summed E-state index contributed by atoms with van der Waals surface area (Å²) in [6.45, 7) is 2.19. The number of piperidine rings is 1. The summed E-state index contributed by atoms with van der Waals surface area (Å²) < 4.78 is 5.54. The second kappa shape index (κ2) is 6.49. The number of nitrogens with zero attached hydrogens (tertiary/aromatic N) is 3. The van der Waals surface area contributed by atoms with Crippen LogP contribution in [0.2, 0.25) is 0 Å². The Labute approximate surface area is 142 Å². The number of aromatic nitrogens is 2. The van der Waals surface area contributed by atoms with Crippen LogP contribution < -0.4 is 10.6 Å². The largest absolute Gasteiger partial charge is 0.371 e. The van der Waals surface area contributed by atoms with Crippen LogP contribution in [0.1, 0.15) is 44.3 Å². The van der Waals surface area contributed by atoms with Gasteiger partial charge in [0.05, 0.1) is 11.1 Å². The van der Waals surface area contributed by atoms with Crippen molar-refractivity contribution in [1.82, 2.24) is 10.1 Å². The van der Waals surface area contributed by atoms with Crippen LogP contribution in [-0.2, 0) is 5.54 Å². The zero-order chi connectivity index (χ0) is 15.0. The molecule has 0 amide bonds. The first-order chi connectivity index (χ1) is 10.8.